The second kappa shape index (κ2) is 18.3. The molecule has 9 aromatic carbocycles. The van der Waals surface area contributed by atoms with Gasteiger partial charge >= 0.3 is 0 Å². The molecule has 0 atom stereocenters. The molecular formula is C75H73BN4S2. The molecule has 7 heteroatoms. The standard InChI is InChI=1S/C75H73BN4S2/c1-71(2,3)46-22-31-52(32-23-46)77(53-33-24-47(25-34-53)72(4,5)6)57-44-61-66-62(45-57)79(55-37-28-49(29-38-55)74(10,11)12)68-58-39-41-65-69(82-64-21-16-15-20-63(64)81-65)67(58)80-56-19-17-18-50(42-56)75(13,14)51-30-40-60(59(43-51)76(66)70(68)80)78(61)54-35-26-48(27-36-54)73(7,8)9/h15-45H,1-14H3. The highest BCUT2D eigenvalue weighted by Crippen LogP contribution is 2.56. The first-order valence-electron chi connectivity index (χ1n) is 29.4. The van der Waals surface area contributed by atoms with Gasteiger partial charge in [-0.05, 0) is 169 Å². The number of nitrogens with zero attached hydrogens (tertiary/aromatic N) is 4. The Labute approximate surface area is 495 Å². The van der Waals surface area contributed by atoms with E-state index in [1.54, 1.807) is 0 Å². The minimum atomic E-state index is -0.301. The number of aromatic nitrogens is 1. The summed E-state index contributed by atoms with van der Waals surface area (Å²) in [6, 6.07) is 73.5. The minimum Gasteiger partial charge on any atom is -0.318 e. The van der Waals surface area contributed by atoms with Crippen molar-refractivity contribution in [1.29, 1.82) is 0 Å². The van der Waals surface area contributed by atoms with Gasteiger partial charge in [0.25, 0.3) is 6.71 Å². The second-order valence-corrected chi connectivity index (χ2v) is 30.1. The lowest BCUT2D eigenvalue weighted by Crippen LogP contribution is -2.63. The average Bonchev–Trinajstić information content (AvgIpc) is 1.53. The molecular weight excluding hydrogens is 1030 g/mol. The van der Waals surface area contributed by atoms with Crippen LogP contribution in [-0.4, -0.2) is 11.3 Å². The fraction of sp³-hybridized carbons (Fsp3) is 0.253. The van der Waals surface area contributed by atoms with Gasteiger partial charge in [0.15, 0.2) is 0 Å². The summed E-state index contributed by atoms with van der Waals surface area (Å²) < 4.78 is 2.71. The molecule has 4 nitrogen and oxygen atoms in total. The lowest BCUT2D eigenvalue weighted by atomic mass is 9.34. The van der Waals surface area contributed by atoms with Gasteiger partial charge in [-0.15, -0.1) is 0 Å². The third-order valence-electron chi connectivity index (χ3n) is 18.1. The van der Waals surface area contributed by atoms with Crippen molar-refractivity contribution >= 4 is 109 Å². The molecule has 0 radical (unpaired) electrons. The Hall–Kier alpha value is -7.32. The van der Waals surface area contributed by atoms with E-state index in [4.69, 9.17) is 0 Å². The lowest BCUT2D eigenvalue weighted by Gasteiger charge is -2.45. The number of fused-ring (bicyclic) bond motifs is 10. The van der Waals surface area contributed by atoms with E-state index in [0.717, 1.165) is 28.4 Å². The minimum absolute atomic E-state index is 0.00419. The van der Waals surface area contributed by atoms with Gasteiger partial charge < -0.3 is 19.3 Å². The first-order valence-corrected chi connectivity index (χ1v) is 31.0. The maximum absolute atomic E-state index is 2.71. The quantitative estimate of drug-likeness (QED) is 0.159. The monoisotopic (exact) mass is 1100 g/mol. The molecule has 0 saturated carbocycles. The summed E-state index contributed by atoms with van der Waals surface area (Å²) in [6.07, 6.45) is 0. The van der Waals surface area contributed by atoms with Crippen LogP contribution in [0.4, 0.5) is 51.2 Å². The third kappa shape index (κ3) is 8.34. The van der Waals surface area contributed by atoms with Gasteiger partial charge in [0.1, 0.15) is 0 Å². The van der Waals surface area contributed by atoms with Crippen molar-refractivity contribution < 1.29 is 0 Å². The molecule has 408 valence electrons. The number of hydrogen-bond acceptors (Lipinski definition) is 5. The Bertz CT molecular complexity index is 4160. The number of benzene rings is 9. The van der Waals surface area contributed by atoms with Gasteiger partial charge in [0.05, 0.1) is 21.8 Å². The lowest BCUT2D eigenvalue weighted by molar-refractivity contribution is 0.590. The van der Waals surface area contributed by atoms with E-state index in [9.17, 15) is 0 Å². The molecule has 4 aliphatic rings. The van der Waals surface area contributed by atoms with Crippen LogP contribution in [0.25, 0.3) is 16.6 Å². The summed E-state index contributed by atoms with van der Waals surface area (Å²) in [5.41, 5.74) is 24.2. The molecule has 4 bridgehead atoms. The van der Waals surface area contributed by atoms with Crippen molar-refractivity contribution in [2.75, 3.05) is 14.7 Å². The zero-order valence-electron chi connectivity index (χ0n) is 50.1. The van der Waals surface area contributed by atoms with Crippen molar-refractivity contribution in [3.8, 4) is 5.69 Å². The number of hydrogen-bond donors (Lipinski definition) is 0. The fourth-order valence-electron chi connectivity index (χ4n) is 13.2. The summed E-state index contributed by atoms with van der Waals surface area (Å²) in [7, 11) is 0. The molecule has 0 N–H and O–H groups in total. The highest BCUT2D eigenvalue weighted by molar-refractivity contribution is 8.05. The molecule has 0 unspecified atom stereocenters. The van der Waals surface area contributed by atoms with Gasteiger partial charge in [-0.1, -0.05) is 205 Å². The third-order valence-corrected chi connectivity index (χ3v) is 20.7. The zero-order chi connectivity index (χ0) is 57.2. The molecule has 10 aromatic rings. The number of anilines is 9. The molecule has 5 heterocycles. The smallest absolute Gasteiger partial charge is 0.273 e. The fourth-order valence-corrected chi connectivity index (χ4v) is 15.6. The molecule has 14 rings (SSSR count). The molecule has 0 fully saturated rings. The van der Waals surface area contributed by atoms with Crippen LogP contribution in [0.5, 0.6) is 0 Å². The van der Waals surface area contributed by atoms with Crippen LogP contribution in [0.2, 0.25) is 0 Å². The Balaban J connectivity index is 1.15. The van der Waals surface area contributed by atoms with Crippen molar-refractivity contribution in [2.45, 2.75) is 144 Å². The van der Waals surface area contributed by atoms with Crippen LogP contribution in [0.3, 0.4) is 0 Å². The predicted octanol–water partition coefficient (Wildman–Crippen LogP) is 19.6. The SMILES string of the molecule is CC(C)(C)c1ccc(N(c2ccc(C(C)(C)C)cc2)c2cc3c4c(c2)N(c2ccc(C(C)(C)C)cc2)c2c5n(c6c7c(ccc26)Sc2ccccc2S7)-c2cccc(c2)C(C)(C)c2ccc(c(c2)B45)N3c2ccc(C(C)(C)C)cc2)cc1. The Kier molecular flexibility index (Phi) is 11.8. The van der Waals surface area contributed by atoms with Crippen LogP contribution < -0.4 is 31.2 Å². The molecule has 82 heavy (non-hydrogen) atoms. The summed E-state index contributed by atoms with van der Waals surface area (Å²) >= 11 is 3.83. The Morgan fingerprint density at radius 3 is 1.46 bits per heavy atom. The normalized spacial score (nSPS) is 14.9. The predicted molar refractivity (Wildman–Crippen MR) is 354 cm³/mol. The summed E-state index contributed by atoms with van der Waals surface area (Å²) in [5.74, 6) is 0. The van der Waals surface area contributed by atoms with Crippen LogP contribution in [-0.2, 0) is 27.1 Å². The largest absolute Gasteiger partial charge is 0.318 e. The van der Waals surface area contributed by atoms with Crippen molar-refractivity contribution in [1.82, 2.24) is 4.57 Å². The van der Waals surface area contributed by atoms with Gasteiger partial charge in [-0.3, -0.25) is 0 Å². The van der Waals surface area contributed by atoms with Crippen LogP contribution >= 0.6 is 23.5 Å². The van der Waals surface area contributed by atoms with Gasteiger partial charge in [0.2, 0.25) is 0 Å². The summed E-state index contributed by atoms with van der Waals surface area (Å²) in [4.78, 5) is 13.0. The molecule has 0 spiro atoms. The average molecular weight is 1110 g/mol. The van der Waals surface area contributed by atoms with Gasteiger partial charge in [0, 0.05) is 76.6 Å². The molecule has 0 saturated heterocycles. The first kappa shape index (κ1) is 52.7. The van der Waals surface area contributed by atoms with Crippen LogP contribution in [0.15, 0.2) is 208 Å². The highest BCUT2D eigenvalue weighted by Gasteiger charge is 2.49. The van der Waals surface area contributed by atoms with E-state index in [0.29, 0.717) is 0 Å². The summed E-state index contributed by atoms with van der Waals surface area (Å²) in [6.45, 7) is 32.4. The highest BCUT2D eigenvalue weighted by atomic mass is 32.2. The van der Waals surface area contributed by atoms with E-state index in [2.05, 4.69) is 304 Å². The molecule has 0 amide bonds. The van der Waals surface area contributed by atoms with Crippen LogP contribution in [0, 0.1) is 0 Å². The maximum atomic E-state index is 2.71. The van der Waals surface area contributed by atoms with E-state index < -0.39 is 0 Å². The molecule has 1 aromatic heterocycles. The van der Waals surface area contributed by atoms with E-state index in [1.165, 1.54) is 109 Å². The van der Waals surface area contributed by atoms with Crippen molar-refractivity contribution in [3.05, 3.63) is 221 Å². The Morgan fingerprint density at radius 2 is 0.915 bits per heavy atom. The second-order valence-electron chi connectivity index (χ2n) is 28.0. The first-order chi connectivity index (χ1) is 38.9. The summed E-state index contributed by atoms with van der Waals surface area (Å²) in [5, 5.41) is 1.24. The number of rotatable bonds is 5. The maximum Gasteiger partial charge on any atom is 0.273 e. The molecule has 4 aliphatic heterocycles. The van der Waals surface area contributed by atoms with E-state index in [-0.39, 0.29) is 33.8 Å². The molecule has 0 aliphatic carbocycles. The van der Waals surface area contributed by atoms with E-state index in [1.807, 2.05) is 23.5 Å². The zero-order valence-corrected chi connectivity index (χ0v) is 51.7. The Morgan fingerprint density at radius 1 is 0.415 bits per heavy atom. The van der Waals surface area contributed by atoms with Crippen LogP contribution in [0.1, 0.15) is 130 Å². The van der Waals surface area contributed by atoms with E-state index >= 15 is 0 Å². The topological polar surface area (TPSA) is 14.7 Å². The van der Waals surface area contributed by atoms with Gasteiger partial charge in [-0.25, -0.2) is 0 Å². The van der Waals surface area contributed by atoms with Gasteiger partial charge in [-0.2, -0.15) is 0 Å². The van der Waals surface area contributed by atoms with Crippen molar-refractivity contribution in [3.63, 3.8) is 0 Å². The van der Waals surface area contributed by atoms with Crippen molar-refractivity contribution in [2.24, 2.45) is 0 Å².